The second-order valence-corrected chi connectivity index (χ2v) is 8.81. The highest BCUT2D eigenvalue weighted by Gasteiger charge is 2.15. The summed E-state index contributed by atoms with van der Waals surface area (Å²) in [6.07, 6.45) is 1.63. The number of fused-ring (bicyclic) bond motifs is 1. The number of ether oxygens (including phenoxy) is 1. The topological polar surface area (TPSA) is 97.0 Å². The Hall–Kier alpha value is -3.54. The predicted octanol–water partition coefficient (Wildman–Crippen LogP) is 4.13. The molecule has 0 aliphatic rings. The molecule has 0 saturated carbocycles. The number of methoxy groups -OCH3 is 1. The fraction of sp³-hybridized carbons (Fsp3) is 0.0909. The zero-order valence-corrected chi connectivity index (χ0v) is 18.2. The van der Waals surface area contributed by atoms with Gasteiger partial charge in [-0.1, -0.05) is 35.6 Å². The number of aromatic amines is 1. The molecule has 2 aromatic carbocycles. The summed E-state index contributed by atoms with van der Waals surface area (Å²) < 4.78 is 33.1. The van der Waals surface area contributed by atoms with Crippen molar-refractivity contribution < 1.29 is 13.2 Å². The van der Waals surface area contributed by atoms with E-state index in [0.29, 0.717) is 33.4 Å². The highest BCUT2D eigenvalue weighted by molar-refractivity contribution is 7.92. The van der Waals surface area contributed by atoms with Gasteiger partial charge in [0, 0.05) is 22.3 Å². The minimum Gasteiger partial charge on any atom is -0.479 e. The molecule has 0 aliphatic carbocycles. The molecule has 2 heterocycles. The summed E-state index contributed by atoms with van der Waals surface area (Å²) in [5, 5.41) is 7.90. The maximum absolute atomic E-state index is 12.7. The smallest absolute Gasteiger partial charge is 0.261 e. The molecule has 0 saturated heterocycles. The number of hydrogen-bond acceptors (Lipinski definition) is 5. The van der Waals surface area contributed by atoms with Crippen molar-refractivity contribution in [3.8, 4) is 17.7 Å². The quantitative estimate of drug-likeness (QED) is 0.454. The Bertz CT molecular complexity index is 1450. The van der Waals surface area contributed by atoms with Crippen LogP contribution in [0.1, 0.15) is 16.7 Å². The summed E-state index contributed by atoms with van der Waals surface area (Å²) in [4.78, 5) is 4.37. The fourth-order valence-electron chi connectivity index (χ4n) is 2.91. The summed E-state index contributed by atoms with van der Waals surface area (Å²) in [5.41, 5.74) is 3.28. The lowest BCUT2D eigenvalue weighted by Gasteiger charge is -2.09. The fourth-order valence-corrected chi connectivity index (χ4v) is 4.26. The van der Waals surface area contributed by atoms with Crippen LogP contribution in [0.3, 0.4) is 0 Å². The molecule has 156 valence electrons. The van der Waals surface area contributed by atoms with Crippen molar-refractivity contribution in [3.63, 3.8) is 0 Å². The van der Waals surface area contributed by atoms with E-state index in [-0.39, 0.29) is 4.90 Å². The Morgan fingerprint density at radius 1 is 1.13 bits per heavy atom. The van der Waals surface area contributed by atoms with Gasteiger partial charge >= 0.3 is 0 Å². The Balaban J connectivity index is 1.64. The molecule has 9 heteroatoms. The minimum absolute atomic E-state index is 0.0849. The lowest BCUT2D eigenvalue weighted by atomic mass is 10.1. The number of rotatable bonds is 4. The van der Waals surface area contributed by atoms with Crippen LogP contribution in [0.15, 0.2) is 59.6 Å². The molecular weight excluding hydrogens is 436 g/mol. The van der Waals surface area contributed by atoms with Crippen LogP contribution in [0.5, 0.6) is 5.88 Å². The first kappa shape index (κ1) is 20.7. The average molecular weight is 453 g/mol. The normalized spacial score (nSPS) is 11.1. The molecule has 0 fully saturated rings. The minimum atomic E-state index is -3.78. The number of aromatic nitrogens is 3. The van der Waals surface area contributed by atoms with Crippen LogP contribution in [0.25, 0.3) is 11.0 Å². The number of aryl methyl sites for hydroxylation is 1. The first-order chi connectivity index (χ1) is 14.9. The van der Waals surface area contributed by atoms with E-state index in [2.05, 4.69) is 31.7 Å². The number of benzene rings is 2. The third-order valence-electron chi connectivity index (χ3n) is 4.51. The van der Waals surface area contributed by atoms with Gasteiger partial charge in [-0.3, -0.25) is 9.82 Å². The van der Waals surface area contributed by atoms with E-state index in [1.165, 1.54) is 19.2 Å². The van der Waals surface area contributed by atoms with E-state index < -0.39 is 10.0 Å². The monoisotopic (exact) mass is 452 g/mol. The molecule has 2 aromatic heterocycles. The standard InChI is InChI=1S/C22H17ClN4O3S/c1-14-6-9-18(27-31(28,29)19-5-3-4-17(23)12-19)11-16(14)8-7-15-10-20-21(24-13-15)25-26-22(20)30-2/h3-6,9-13,27H,1-2H3,(H,24,25,26). The number of H-pyrrole nitrogens is 1. The van der Waals surface area contributed by atoms with Gasteiger partial charge in [0.15, 0.2) is 5.65 Å². The van der Waals surface area contributed by atoms with Crippen molar-refractivity contribution in [2.45, 2.75) is 11.8 Å². The van der Waals surface area contributed by atoms with Crippen LogP contribution in [-0.4, -0.2) is 30.7 Å². The number of nitrogens with one attached hydrogen (secondary N) is 2. The number of sulfonamides is 1. The van der Waals surface area contributed by atoms with Gasteiger partial charge in [-0.05, 0) is 48.9 Å². The van der Waals surface area contributed by atoms with Gasteiger partial charge in [0.2, 0.25) is 5.88 Å². The molecule has 0 amide bonds. The van der Waals surface area contributed by atoms with Crippen LogP contribution < -0.4 is 9.46 Å². The second kappa shape index (κ2) is 8.30. The van der Waals surface area contributed by atoms with Crippen LogP contribution in [0.4, 0.5) is 5.69 Å². The van der Waals surface area contributed by atoms with Gasteiger partial charge in [0.25, 0.3) is 10.0 Å². The molecule has 0 spiro atoms. The molecule has 31 heavy (non-hydrogen) atoms. The zero-order valence-electron chi connectivity index (χ0n) is 16.6. The van der Waals surface area contributed by atoms with Gasteiger partial charge in [0.05, 0.1) is 23.1 Å². The van der Waals surface area contributed by atoms with Gasteiger partial charge < -0.3 is 4.74 Å². The summed E-state index contributed by atoms with van der Waals surface area (Å²) in [7, 11) is -2.24. The van der Waals surface area contributed by atoms with Crippen LogP contribution in [-0.2, 0) is 10.0 Å². The van der Waals surface area contributed by atoms with Gasteiger partial charge in [0.1, 0.15) is 0 Å². The van der Waals surface area contributed by atoms with Crippen molar-refractivity contribution in [2.24, 2.45) is 0 Å². The Morgan fingerprint density at radius 3 is 2.74 bits per heavy atom. The highest BCUT2D eigenvalue weighted by Crippen LogP contribution is 2.23. The van der Waals surface area contributed by atoms with E-state index in [0.717, 1.165) is 10.9 Å². The molecule has 0 unspecified atom stereocenters. The number of halogens is 1. The van der Waals surface area contributed by atoms with Crippen LogP contribution >= 0.6 is 11.6 Å². The van der Waals surface area contributed by atoms with E-state index in [4.69, 9.17) is 16.3 Å². The average Bonchev–Trinajstić information content (AvgIpc) is 3.16. The first-order valence-electron chi connectivity index (χ1n) is 9.15. The molecule has 0 aliphatic heterocycles. The summed E-state index contributed by atoms with van der Waals surface area (Å²) in [6.45, 7) is 1.90. The molecule has 4 aromatic rings. The third kappa shape index (κ3) is 4.48. The summed E-state index contributed by atoms with van der Waals surface area (Å²) in [6, 6.07) is 13.1. The third-order valence-corrected chi connectivity index (χ3v) is 6.13. The molecule has 0 atom stereocenters. The largest absolute Gasteiger partial charge is 0.479 e. The van der Waals surface area contributed by atoms with Crippen molar-refractivity contribution in [1.82, 2.24) is 15.2 Å². The molecule has 0 bridgehead atoms. The van der Waals surface area contributed by atoms with Gasteiger partial charge in [-0.2, -0.15) is 0 Å². The number of pyridine rings is 1. The van der Waals surface area contributed by atoms with Crippen molar-refractivity contribution in [1.29, 1.82) is 0 Å². The maximum atomic E-state index is 12.7. The molecule has 0 radical (unpaired) electrons. The van der Waals surface area contributed by atoms with E-state index in [1.54, 1.807) is 36.5 Å². The molecule has 2 N–H and O–H groups in total. The summed E-state index contributed by atoms with van der Waals surface area (Å²) in [5.74, 6) is 6.59. The van der Waals surface area contributed by atoms with Crippen molar-refractivity contribution in [2.75, 3.05) is 11.8 Å². The molecular formula is C22H17ClN4O3S. The zero-order chi connectivity index (χ0) is 22.0. The van der Waals surface area contributed by atoms with E-state index in [9.17, 15) is 8.42 Å². The summed E-state index contributed by atoms with van der Waals surface area (Å²) >= 11 is 5.92. The number of nitrogens with zero attached hydrogens (tertiary/aromatic N) is 2. The van der Waals surface area contributed by atoms with Gasteiger partial charge in [-0.25, -0.2) is 13.4 Å². The number of hydrogen-bond donors (Lipinski definition) is 2. The SMILES string of the molecule is COc1n[nH]c2ncc(C#Cc3cc(NS(=O)(=O)c4cccc(Cl)c4)ccc3C)cc12. The van der Waals surface area contributed by atoms with Crippen molar-refractivity contribution in [3.05, 3.63) is 76.4 Å². The molecule has 7 nitrogen and oxygen atoms in total. The van der Waals surface area contributed by atoms with Gasteiger partial charge in [-0.15, -0.1) is 5.10 Å². The van der Waals surface area contributed by atoms with E-state index in [1.807, 2.05) is 13.0 Å². The highest BCUT2D eigenvalue weighted by atomic mass is 35.5. The first-order valence-corrected chi connectivity index (χ1v) is 11.0. The number of anilines is 1. The molecule has 4 rings (SSSR count). The Kier molecular flexibility index (Phi) is 5.55. The maximum Gasteiger partial charge on any atom is 0.261 e. The van der Waals surface area contributed by atoms with Crippen molar-refractivity contribution >= 4 is 38.3 Å². The van der Waals surface area contributed by atoms with Crippen LogP contribution in [0.2, 0.25) is 5.02 Å². The van der Waals surface area contributed by atoms with Crippen LogP contribution in [0, 0.1) is 18.8 Å². The van der Waals surface area contributed by atoms with E-state index >= 15 is 0 Å². The Morgan fingerprint density at radius 2 is 1.97 bits per heavy atom. The predicted molar refractivity (Wildman–Crippen MR) is 120 cm³/mol. The lowest BCUT2D eigenvalue weighted by Crippen LogP contribution is -2.13. The lowest BCUT2D eigenvalue weighted by molar-refractivity contribution is 0.401. The second-order valence-electron chi connectivity index (χ2n) is 6.70. The Labute approximate surface area is 184 Å².